The molecule has 84 valence electrons. The van der Waals surface area contributed by atoms with Crippen LogP contribution in [0.3, 0.4) is 0 Å². The molecule has 0 heterocycles. The van der Waals surface area contributed by atoms with E-state index in [1.165, 1.54) is 0 Å². The lowest BCUT2D eigenvalue weighted by atomic mass is 9.85. The highest BCUT2D eigenvalue weighted by Crippen LogP contribution is 2.27. The second-order valence-electron chi connectivity index (χ2n) is 5.10. The number of carboxylic acids is 1. The molecule has 3 nitrogen and oxygen atoms in total. The van der Waals surface area contributed by atoms with E-state index in [1.54, 1.807) is 6.29 Å². The summed E-state index contributed by atoms with van der Waals surface area (Å²) < 4.78 is 0. The fraction of sp³-hybridized carbons (Fsp3) is 0.667. The topological polar surface area (TPSA) is 54.4 Å². The number of carboxylic acid groups (broad SMARTS) is 1. The van der Waals surface area contributed by atoms with Gasteiger partial charge in [0.2, 0.25) is 5.92 Å². The maximum atomic E-state index is 10.5. The molecule has 1 unspecified atom stereocenters. The van der Waals surface area contributed by atoms with Crippen LogP contribution in [0.5, 0.6) is 0 Å². The second kappa shape index (κ2) is 5.62. The fourth-order valence-electron chi connectivity index (χ4n) is 1.54. The zero-order valence-electron chi connectivity index (χ0n) is 9.67. The number of carbonyl (C=O) groups excluding carboxylic acids is 1. The van der Waals surface area contributed by atoms with Crippen molar-refractivity contribution in [1.82, 2.24) is 0 Å². The molecule has 0 aromatic carbocycles. The average Bonchev–Trinajstić information content (AvgIpc) is 1.98. The normalized spacial score (nSPS) is 13.0. The second-order valence-corrected chi connectivity index (χ2v) is 5.10. The van der Waals surface area contributed by atoms with E-state index >= 15 is 0 Å². The molecular weight excluding hydrogens is 192 g/mol. The summed E-state index contributed by atoms with van der Waals surface area (Å²) in [7, 11) is 0. The summed E-state index contributed by atoms with van der Waals surface area (Å²) in [6.07, 6.45) is 2.82. The van der Waals surface area contributed by atoms with Gasteiger partial charge in [0, 0.05) is 11.2 Å². The molecule has 0 aromatic rings. The van der Waals surface area contributed by atoms with E-state index < -0.39 is 11.9 Å². The summed E-state index contributed by atoms with van der Waals surface area (Å²) in [5.74, 6) is -1.52. The summed E-state index contributed by atoms with van der Waals surface area (Å²) in [6.45, 7) is 10.1. The largest absolute Gasteiger partial charge is 0.510 e. The van der Waals surface area contributed by atoms with Crippen LogP contribution in [-0.2, 0) is 9.59 Å². The molecule has 1 atom stereocenters. The molecule has 0 spiro atoms. The van der Waals surface area contributed by atoms with Crippen LogP contribution in [0.1, 0.15) is 40.0 Å². The quantitative estimate of drug-likeness (QED) is 0.542. The van der Waals surface area contributed by atoms with Crippen LogP contribution in [0.25, 0.3) is 0 Å². The van der Waals surface area contributed by atoms with Crippen molar-refractivity contribution in [2.24, 2.45) is 11.3 Å². The van der Waals surface area contributed by atoms with Crippen molar-refractivity contribution in [1.29, 1.82) is 0 Å². The van der Waals surface area contributed by atoms with Crippen LogP contribution in [0.15, 0.2) is 12.2 Å². The Hall–Kier alpha value is -1.21. The maximum absolute atomic E-state index is 10.5. The Labute approximate surface area is 91.2 Å². The van der Waals surface area contributed by atoms with Gasteiger partial charge in [0.15, 0.2) is 0 Å². The first-order chi connectivity index (χ1) is 6.74. The van der Waals surface area contributed by atoms with Crippen molar-refractivity contribution in [2.75, 3.05) is 0 Å². The number of hydrogen-bond acceptors (Lipinski definition) is 2. The minimum atomic E-state index is -0.966. The first kappa shape index (κ1) is 13.8. The fourth-order valence-corrected chi connectivity index (χ4v) is 1.54. The van der Waals surface area contributed by atoms with Gasteiger partial charge < -0.3 is 5.11 Å². The first-order valence-electron chi connectivity index (χ1n) is 5.00. The first-order valence-corrected chi connectivity index (χ1v) is 5.00. The summed E-state index contributed by atoms with van der Waals surface area (Å²) in [6, 6.07) is 0. The molecule has 0 saturated carbocycles. The number of rotatable bonds is 6. The highest BCUT2D eigenvalue weighted by Gasteiger charge is 2.27. The molecule has 0 fully saturated rings. The minimum absolute atomic E-state index is 0.119. The van der Waals surface area contributed by atoms with Crippen LogP contribution in [-0.4, -0.2) is 17.4 Å². The van der Waals surface area contributed by atoms with Gasteiger partial charge in [0.1, 0.15) is 6.42 Å². The standard InChI is InChI=1S/C12H18O3/c1-9(7-12(2,3)4)5-10(8-13)6-11(14)15/h10H,1,5-7H2,2-4H3/p+1. The Bertz CT molecular complexity index is 248. The maximum Gasteiger partial charge on any atom is 0.510 e. The molecule has 0 aliphatic carbocycles. The molecule has 0 amide bonds. The molecule has 0 radical (unpaired) electrons. The zero-order valence-corrected chi connectivity index (χ0v) is 9.67. The highest BCUT2D eigenvalue weighted by molar-refractivity contribution is 5.72. The van der Waals surface area contributed by atoms with E-state index in [9.17, 15) is 9.59 Å². The molecule has 0 aliphatic rings. The Morgan fingerprint density at radius 1 is 1.40 bits per heavy atom. The Morgan fingerprint density at radius 3 is 2.27 bits per heavy atom. The van der Waals surface area contributed by atoms with E-state index in [0.29, 0.717) is 6.42 Å². The van der Waals surface area contributed by atoms with Gasteiger partial charge in [-0.2, -0.15) is 0 Å². The van der Waals surface area contributed by atoms with E-state index in [2.05, 4.69) is 27.4 Å². The number of allylic oxidation sites excluding steroid dienone is 1. The van der Waals surface area contributed by atoms with E-state index in [0.717, 1.165) is 12.0 Å². The molecule has 0 rings (SSSR count). The van der Waals surface area contributed by atoms with E-state index in [1.807, 2.05) is 0 Å². The molecule has 0 aromatic heterocycles. The van der Waals surface area contributed by atoms with Gasteiger partial charge in [-0.05, 0) is 11.8 Å². The molecule has 0 bridgehead atoms. The number of aliphatic carboxylic acids is 1. The van der Waals surface area contributed by atoms with Crippen molar-refractivity contribution in [2.45, 2.75) is 40.0 Å². The average molecular weight is 211 g/mol. The zero-order chi connectivity index (χ0) is 12.1. The van der Waals surface area contributed by atoms with Crippen molar-refractivity contribution in [3.8, 4) is 0 Å². The monoisotopic (exact) mass is 211 g/mol. The van der Waals surface area contributed by atoms with Crippen molar-refractivity contribution in [3.05, 3.63) is 12.2 Å². The van der Waals surface area contributed by atoms with E-state index in [4.69, 9.17) is 5.11 Å². The minimum Gasteiger partial charge on any atom is -0.481 e. The van der Waals surface area contributed by atoms with E-state index in [-0.39, 0.29) is 11.8 Å². The van der Waals surface area contributed by atoms with Gasteiger partial charge in [0.05, 0.1) is 0 Å². The SMILES string of the molecule is C=C(CC([C+]=O)CC(=O)O)CC(C)(C)C. The third kappa shape index (κ3) is 7.83. The van der Waals surface area contributed by atoms with Crippen molar-refractivity contribution < 1.29 is 14.7 Å². The predicted octanol–water partition coefficient (Wildman–Crippen LogP) is 2.57. The van der Waals surface area contributed by atoms with Crippen LogP contribution >= 0.6 is 0 Å². The Kier molecular flexibility index (Phi) is 5.16. The van der Waals surface area contributed by atoms with Crippen LogP contribution in [0, 0.1) is 11.3 Å². The summed E-state index contributed by atoms with van der Waals surface area (Å²) in [5.41, 5.74) is 1.03. The van der Waals surface area contributed by atoms with Gasteiger partial charge in [0.25, 0.3) is 0 Å². The van der Waals surface area contributed by atoms with Gasteiger partial charge >= 0.3 is 12.3 Å². The van der Waals surface area contributed by atoms with Crippen LogP contribution in [0.2, 0.25) is 0 Å². The third-order valence-corrected chi connectivity index (χ3v) is 1.90. The third-order valence-electron chi connectivity index (χ3n) is 1.90. The summed E-state index contributed by atoms with van der Waals surface area (Å²) in [4.78, 5) is 20.9. The lowest BCUT2D eigenvalue weighted by Crippen LogP contribution is -2.12. The molecule has 1 N–H and O–H groups in total. The van der Waals surface area contributed by atoms with Crippen molar-refractivity contribution >= 4 is 12.3 Å². The summed E-state index contributed by atoms with van der Waals surface area (Å²) in [5, 5.41) is 8.55. The number of carbonyl (C=O) groups is 1. The number of hydrogen-bond donors (Lipinski definition) is 1. The predicted molar refractivity (Wildman–Crippen MR) is 59.3 cm³/mol. The van der Waals surface area contributed by atoms with Crippen LogP contribution < -0.4 is 0 Å². The van der Waals surface area contributed by atoms with Gasteiger partial charge in [-0.25, -0.2) is 0 Å². The van der Waals surface area contributed by atoms with Gasteiger partial charge in [-0.3, -0.25) is 4.79 Å². The molecular formula is C12H19O3+. The Morgan fingerprint density at radius 2 is 1.93 bits per heavy atom. The Balaban J connectivity index is 4.13. The molecule has 0 saturated heterocycles. The lowest BCUT2D eigenvalue weighted by Gasteiger charge is -2.19. The summed E-state index contributed by atoms with van der Waals surface area (Å²) >= 11 is 0. The van der Waals surface area contributed by atoms with Gasteiger partial charge in [-0.15, -0.1) is 0 Å². The lowest BCUT2D eigenvalue weighted by molar-refractivity contribution is -0.137. The van der Waals surface area contributed by atoms with Crippen molar-refractivity contribution in [3.63, 3.8) is 0 Å². The van der Waals surface area contributed by atoms with Gasteiger partial charge in [-0.1, -0.05) is 32.9 Å². The smallest absolute Gasteiger partial charge is 0.481 e. The highest BCUT2D eigenvalue weighted by atomic mass is 16.4. The van der Waals surface area contributed by atoms with Crippen LogP contribution in [0.4, 0.5) is 0 Å². The molecule has 15 heavy (non-hydrogen) atoms. The molecule has 0 aliphatic heterocycles. The molecule has 3 heteroatoms.